The van der Waals surface area contributed by atoms with Crippen molar-refractivity contribution in [1.29, 1.82) is 0 Å². The number of aryl methyl sites for hydroxylation is 1. The first-order valence-electron chi connectivity index (χ1n) is 8.68. The molecule has 0 radical (unpaired) electrons. The first kappa shape index (κ1) is 17.9. The third-order valence-electron chi connectivity index (χ3n) is 4.27. The molecule has 0 aliphatic carbocycles. The fourth-order valence-electron chi connectivity index (χ4n) is 2.86. The van der Waals surface area contributed by atoms with Gasteiger partial charge in [0.05, 0.1) is 6.42 Å². The van der Waals surface area contributed by atoms with Crippen molar-refractivity contribution in [2.75, 3.05) is 6.54 Å². The molecule has 3 rings (SSSR count). The van der Waals surface area contributed by atoms with E-state index in [2.05, 4.69) is 14.9 Å². The average Bonchev–Trinajstić information content (AvgIpc) is 2.98. The standard InChI is InChI=1S/C21H22FN3O/c1-16-14-24-20(25(16)15-18-7-9-19(22)10-8-18)11-12-23-21(26)13-17-5-3-2-4-6-17/h2-10,14H,11-13,15H2,1H3,(H,23,26). The van der Waals surface area contributed by atoms with E-state index in [1.165, 1.54) is 12.1 Å². The van der Waals surface area contributed by atoms with Gasteiger partial charge in [-0.05, 0) is 30.2 Å². The van der Waals surface area contributed by atoms with E-state index >= 15 is 0 Å². The van der Waals surface area contributed by atoms with Crippen LogP contribution in [0.4, 0.5) is 4.39 Å². The zero-order chi connectivity index (χ0) is 18.4. The third kappa shape index (κ3) is 4.79. The first-order chi connectivity index (χ1) is 12.6. The summed E-state index contributed by atoms with van der Waals surface area (Å²) < 4.78 is 15.2. The normalized spacial score (nSPS) is 10.7. The topological polar surface area (TPSA) is 46.9 Å². The Morgan fingerprint density at radius 3 is 2.54 bits per heavy atom. The van der Waals surface area contributed by atoms with Crippen molar-refractivity contribution >= 4 is 5.91 Å². The van der Waals surface area contributed by atoms with Crippen molar-refractivity contribution in [1.82, 2.24) is 14.9 Å². The van der Waals surface area contributed by atoms with E-state index in [1.807, 2.05) is 43.5 Å². The Labute approximate surface area is 152 Å². The molecule has 5 heteroatoms. The Bertz CT molecular complexity index is 857. The van der Waals surface area contributed by atoms with Crippen molar-refractivity contribution in [2.24, 2.45) is 0 Å². The van der Waals surface area contributed by atoms with Gasteiger partial charge in [0.15, 0.2) is 0 Å². The molecule has 0 saturated heterocycles. The van der Waals surface area contributed by atoms with Crippen molar-refractivity contribution in [3.05, 3.63) is 89.3 Å². The minimum absolute atomic E-state index is 0.00422. The number of rotatable bonds is 7. The van der Waals surface area contributed by atoms with Crippen LogP contribution in [0.15, 0.2) is 60.8 Å². The van der Waals surface area contributed by atoms with E-state index < -0.39 is 0 Å². The molecule has 3 aromatic rings. The van der Waals surface area contributed by atoms with Crippen LogP contribution in [0.1, 0.15) is 22.6 Å². The second-order valence-electron chi connectivity index (χ2n) is 6.29. The molecular weight excluding hydrogens is 329 g/mol. The number of nitrogens with zero attached hydrogens (tertiary/aromatic N) is 2. The third-order valence-corrected chi connectivity index (χ3v) is 4.27. The summed E-state index contributed by atoms with van der Waals surface area (Å²) in [7, 11) is 0. The lowest BCUT2D eigenvalue weighted by Gasteiger charge is -2.11. The number of amides is 1. The van der Waals surface area contributed by atoms with Crippen LogP contribution in [0, 0.1) is 12.7 Å². The lowest BCUT2D eigenvalue weighted by molar-refractivity contribution is -0.120. The molecule has 0 atom stereocenters. The van der Waals surface area contributed by atoms with Gasteiger partial charge < -0.3 is 9.88 Å². The van der Waals surface area contributed by atoms with Crippen molar-refractivity contribution in [2.45, 2.75) is 26.3 Å². The van der Waals surface area contributed by atoms with Gasteiger partial charge in [0, 0.05) is 31.4 Å². The minimum Gasteiger partial charge on any atom is -0.355 e. The van der Waals surface area contributed by atoms with E-state index in [4.69, 9.17) is 0 Å². The van der Waals surface area contributed by atoms with Crippen molar-refractivity contribution in [3.8, 4) is 0 Å². The lowest BCUT2D eigenvalue weighted by atomic mass is 10.1. The predicted octanol–water partition coefficient (Wildman–Crippen LogP) is 3.28. The Morgan fingerprint density at radius 2 is 1.81 bits per heavy atom. The van der Waals surface area contributed by atoms with E-state index in [-0.39, 0.29) is 11.7 Å². The minimum atomic E-state index is -0.238. The Hall–Kier alpha value is -2.95. The van der Waals surface area contributed by atoms with E-state index in [1.54, 1.807) is 12.1 Å². The molecule has 1 N–H and O–H groups in total. The molecule has 0 unspecified atom stereocenters. The molecule has 4 nitrogen and oxygen atoms in total. The molecule has 0 spiro atoms. The van der Waals surface area contributed by atoms with Gasteiger partial charge in [-0.15, -0.1) is 0 Å². The predicted molar refractivity (Wildman–Crippen MR) is 99.3 cm³/mol. The number of carbonyl (C=O) groups is 1. The summed E-state index contributed by atoms with van der Waals surface area (Å²) >= 11 is 0. The van der Waals surface area contributed by atoms with Gasteiger partial charge in [-0.25, -0.2) is 9.37 Å². The van der Waals surface area contributed by atoms with Gasteiger partial charge in [-0.1, -0.05) is 42.5 Å². The number of hydrogen-bond acceptors (Lipinski definition) is 2. The highest BCUT2D eigenvalue weighted by Gasteiger charge is 2.09. The Kier molecular flexibility index (Phi) is 5.79. The maximum Gasteiger partial charge on any atom is 0.224 e. The number of imidazole rings is 1. The lowest BCUT2D eigenvalue weighted by Crippen LogP contribution is -2.28. The van der Waals surface area contributed by atoms with Gasteiger partial charge in [-0.2, -0.15) is 0 Å². The quantitative estimate of drug-likeness (QED) is 0.710. The highest BCUT2D eigenvalue weighted by atomic mass is 19.1. The fraction of sp³-hybridized carbons (Fsp3) is 0.238. The molecule has 134 valence electrons. The number of carbonyl (C=O) groups excluding carboxylic acids is 1. The van der Waals surface area contributed by atoms with E-state index in [0.29, 0.717) is 25.9 Å². The molecule has 1 amide bonds. The SMILES string of the molecule is Cc1cnc(CCNC(=O)Cc2ccccc2)n1Cc1ccc(F)cc1. The van der Waals surface area contributed by atoms with Crippen LogP contribution in [0.25, 0.3) is 0 Å². The fourth-order valence-corrected chi connectivity index (χ4v) is 2.86. The van der Waals surface area contributed by atoms with E-state index in [9.17, 15) is 9.18 Å². The highest BCUT2D eigenvalue weighted by Crippen LogP contribution is 2.11. The van der Waals surface area contributed by atoms with Gasteiger partial charge in [0.2, 0.25) is 5.91 Å². The van der Waals surface area contributed by atoms with Crippen LogP contribution in [0.5, 0.6) is 0 Å². The van der Waals surface area contributed by atoms with Crippen LogP contribution < -0.4 is 5.32 Å². The maximum atomic E-state index is 13.1. The Morgan fingerprint density at radius 1 is 1.08 bits per heavy atom. The van der Waals surface area contributed by atoms with Crippen LogP contribution in [0.2, 0.25) is 0 Å². The smallest absolute Gasteiger partial charge is 0.224 e. The average molecular weight is 351 g/mol. The monoisotopic (exact) mass is 351 g/mol. The van der Waals surface area contributed by atoms with Crippen LogP contribution in [0.3, 0.4) is 0 Å². The summed E-state index contributed by atoms with van der Waals surface area (Å²) in [5.74, 6) is 0.675. The van der Waals surface area contributed by atoms with Gasteiger partial charge in [0.25, 0.3) is 0 Å². The zero-order valence-electron chi connectivity index (χ0n) is 14.8. The molecule has 1 aromatic heterocycles. The number of benzene rings is 2. The molecular formula is C21H22FN3O. The second-order valence-corrected chi connectivity index (χ2v) is 6.29. The van der Waals surface area contributed by atoms with E-state index in [0.717, 1.165) is 22.6 Å². The number of halogens is 1. The molecule has 26 heavy (non-hydrogen) atoms. The summed E-state index contributed by atoms with van der Waals surface area (Å²) in [5, 5.41) is 2.95. The van der Waals surface area contributed by atoms with Crippen molar-refractivity contribution < 1.29 is 9.18 Å². The summed E-state index contributed by atoms with van der Waals surface area (Å²) in [6.07, 6.45) is 2.85. The van der Waals surface area contributed by atoms with Crippen molar-refractivity contribution in [3.63, 3.8) is 0 Å². The Balaban J connectivity index is 1.55. The van der Waals surface area contributed by atoms with Crippen LogP contribution >= 0.6 is 0 Å². The molecule has 2 aromatic carbocycles. The molecule has 0 fully saturated rings. The molecule has 0 aliphatic rings. The number of hydrogen-bond donors (Lipinski definition) is 1. The number of nitrogens with one attached hydrogen (secondary N) is 1. The summed E-state index contributed by atoms with van der Waals surface area (Å²) in [5.41, 5.74) is 3.06. The second kappa shape index (κ2) is 8.43. The highest BCUT2D eigenvalue weighted by molar-refractivity contribution is 5.78. The number of aromatic nitrogens is 2. The summed E-state index contributed by atoms with van der Waals surface area (Å²) in [6.45, 7) is 3.17. The first-order valence-corrected chi connectivity index (χ1v) is 8.68. The van der Waals surface area contributed by atoms with Gasteiger partial charge in [-0.3, -0.25) is 4.79 Å². The summed E-state index contributed by atoms with van der Waals surface area (Å²) in [4.78, 5) is 16.5. The zero-order valence-corrected chi connectivity index (χ0v) is 14.8. The molecule has 0 bridgehead atoms. The molecule has 0 aliphatic heterocycles. The summed E-state index contributed by atoms with van der Waals surface area (Å²) in [6, 6.07) is 16.2. The van der Waals surface area contributed by atoms with Crippen LogP contribution in [-0.2, 0) is 24.2 Å². The molecule has 1 heterocycles. The van der Waals surface area contributed by atoms with Gasteiger partial charge >= 0.3 is 0 Å². The molecule has 0 saturated carbocycles. The van der Waals surface area contributed by atoms with Crippen LogP contribution in [-0.4, -0.2) is 22.0 Å². The largest absolute Gasteiger partial charge is 0.355 e. The maximum absolute atomic E-state index is 13.1. The van der Waals surface area contributed by atoms with Gasteiger partial charge in [0.1, 0.15) is 11.6 Å².